The molecule has 0 radical (unpaired) electrons. The molecule has 37 heavy (non-hydrogen) atoms. The second-order valence-electron chi connectivity index (χ2n) is 8.45. The number of aromatic nitrogens is 1. The summed E-state index contributed by atoms with van der Waals surface area (Å²) in [7, 11) is 2.89. The first-order chi connectivity index (χ1) is 18.0. The lowest BCUT2D eigenvalue weighted by Crippen LogP contribution is -2.38. The lowest BCUT2D eigenvalue weighted by atomic mass is 10.1. The number of anilines is 2. The second kappa shape index (κ2) is 10.3. The minimum absolute atomic E-state index is 0.190. The van der Waals surface area contributed by atoms with Gasteiger partial charge in [-0.1, -0.05) is 59.4 Å². The molecule has 1 aliphatic heterocycles. The number of ether oxygens (including phenoxy) is 2. The van der Waals surface area contributed by atoms with Crippen LogP contribution >= 0.6 is 11.3 Å². The predicted molar refractivity (Wildman–Crippen MR) is 147 cm³/mol. The smallest absolute Gasteiger partial charge is 0.332 e. The standard InChI is InChI=1S/C29H25N3O4S/c1-19-7-6-8-20(17-19)11-16-26-31(21-12-14-22(35-2)15-13-21)24(18-27(33)36-3)28(34)32(26)29-30-23-9-4-5-10-25(23)37-29/h4-18,26H,1-3H3/b16-11+,24-18+. The van der Waals surface area contributed by atoms with Crippen molar-refractivity contribution in [2.75, 3.05) is 24.0 Å². The number of esters is 1. The van der Waals surface area contributed by atoms with E-state index in [0.29, 0.717) is 16.6 Å². The highest BCUT2D eigenvalue weighted by Crippen LogP contribution is 2.39. The van der Waals surface area contributed by atoms with Gasteiger partial charge < -0.3 is 14.4 Å². The van der Waals surface area contributed by atoms with Crippen LogP contribution in [0.25, 0.3) is 16.3 Å². The molecule has 1 atom stereocenters. The maximum absolute atomic E-state index is 13.9. The molecule has 1 saturated heterocycles. The highest BCUT2D eigenvalue weighted by atomic mass is 32.1. The molecule has 2 heterocycles. The number of rotatable bonds is 6. The number of thiazole rings is 1. The first-order valence-electron chi connectivity index (χ1n) is 11.7. The fourth-order valence-electron chi connectivity index (χ4n) is 4.25. The summed E-state index contributed by atoms with van der Waals surface area (Å²) in [5, 5.41) is 0.539. The van der Waals surface area contributed by atoms with Gasteiger partial charge in [-0.15, -0.1) is 0 Å². The Bertz CT molecular complexity index is 1490. The summed E-state index contributed by atoms with van der Waals surface area (Å²) in [5.74, 6) is -0.281. The van der Waals surface area contributed by atoms with E-state index >= 15 is 0 Å². The van der Waals surface area contributed by atoms with Gasteiger partial charge in [-0.25, -0.2) is 9.78 Å². The Labute approximate surface area is 218 Å². The van der Waals surface area contributed by atoms with Gasteiger partial charge in [0.2, 0.25) is 0 Å². The minimum atomic E-state index is -0.616. The van der Waals surface area contributed by atoms with Gasteiger partial charge in [0.1, 0.15) is 17.6 Å². The summed E-state index contributed by atoms with van der Waals surface area (Å²) in [6.07, 6.45) is 4.56. The second-order valence-corrected chi connectivity index (χ2v) is 9.46. The largest absolute Gasteiger partial charge is 0.497 e. The van der Waals surface area contributed by atoms with Crippen molar-refractivity contribution in [1.29, 1.82) is 0 Å². The van der Waals surface area contributed by atoms with Crippen molar-refractivity contribution in [1.82, 2.24) is 4.98 Å². The Hall–Kier alpha value is -4.43. The molecule has 3 aromatic carbocycles. The van der Waals surface area contributed by atoms with Gasteiger partial charge in [-0.3, -0.25) is 9.69 Å². The van der Waals surface area contributed by atoms with Gasteiger partial charge in [0.15, 0.2) is 5.13 Å². The summed E-state index contributed by atoms with van der Waals surface area (Å²) < 4.78 is 11.2. The van der Waals surface area contributed by atoms with E-state index in [1.54, 1.807) is 12.0 Å². The molecule has 7 nitrogen and oxygen atoms in total. The Morgan fingerprint density at radius 1 is 1.00 bits per heavy atom. The monoisotopic (exact) mass is 511 g/mol. The molecule has 186 valence electrons. The molecule has 0 spiro atoms. The zero-order chi connectivity index (χ0) is 25.9. The summed E-state index contributed by atoms with van der Waals surface area (Å²) in [4.78, 5) is 34.5. The van der Waals surface area contributed by atoms with Crippen molar-refractivity contribution in [2.45, 2.75) is 13.1 Å². The molecule has 4 aromatic rings. The number of methoxy groups -OCH3 is 2. The van der Waals surface area contributed by atoms with Crippen molar-refractivity contribution in [2.24, 2.45) is 0 Å². The molecule has 1 fully saturated rings. The number of fused-ring (bicyclic) bond motifs is 1. The molecule has 5 rings (SSSR count). The third-order valence-corrected chi connectivity index (χ3v) is 7.06. The predicted octanol–water partition coefficient (Wildman–Crippen LogP) is 5.56. The van der Waals surface area contributed by atoms with E-state index in [9.17, 15) is 9.59 Å². The average molecular weight is 512 g/mol. The summed E-state index contributed by atoms with van der Waals surface area (Å²) in [5.41, 5.74) is 3.84. The summed E-state index contributed by atoms with van der Waals surface area (Å²) >= 11 is 1.43. The van der Waals surface area contributed by atoms with Crippen LogP contribution in [0.5, 0.6) is 5.75 Å². The SMILES string of the molecule is COC(=O)/C=C1\C(=O)N(c2nc3ccccc3s2)C(/C=C/c2cccc(C)c2)N1c1ccc(OC)cc1. The maximum atomic E-state index is 13.9. The van der Waals surface area contributed by atoms with Gasteiger partial charge in [0.05, 0.1) is 30.5 Å². The number of carbonyl (C=O) groups excluding carboxylic acids is 2. The molecule has 0 N–H and O–H groups in total. The van der Waals surface area contributed by atoms with Gasteiger partial charge in [0, 0.05) is 5.69 Å². The molecule has 0 saturated carbocycles. The zero-order valence-electron chi connectivity index (χ0n) is 20.6. The highest BCUT2D eigenvalue weighted by molar-refractivity contribution is 7.22. The van der Waals surface area contributed by atoms with E-state index in [1.165, 1.54) is 24.5 Å². The van der Waals surface area contributed by atoms with Crippen LogP contribution in [0.3, 0.4) is 0 Å². The van der Waals surface area contributed by atoms with Gasteiger partial charge in [-0.2, -0.15) is 0 Å². The fraction of sp³-hybridized carbons (Fsp3) is 0.138. The number of aryl methyl sites for hydroxylation is 1. The van der Waals surface area contributed by atoms with Crippen LogP contribution in [-0.2, 0) is 14.3 Å². The molecule has 0 aliphatic carbocycles. The number of carbonyl (C=O) groups is 2. The van der Waals surface area contributed by atoms with E-state index in [4.69, 9.17) is 14.5 Å². The zero-order valence-corrected chi connectivity index (χ0v) is 21.4. The van der Waals surface area contributed by atoms with E-state index in [0.717, 1.165) is 21.3 Å². The molecule has 1 aromatic heterocycles. The van der Waals surface area contributed by atoms with Crippen molar-refractivity contribution >= 4 is 50.3 Å². The molecule has 1 amide bonds. The van der Waals surface area contributed by atoms with Gasteiger partial charge >= 0.3 is 5.97 Å². The Morgan fingerprint density at radius 2 is 1.78 bits per heavy atom. The van der Waals surface area contributed by atoms with Crippen LogP contribution in [-0.4, -0.2) is 37.2 Å². The Kier molecular flexibility index (Phi) is 6.74. The van der Waals surface area contributed by atoms with E-state index in [2.05, 4.69) is 6.07 Å². The van der Waals surface area contributed by atoms with Crippen molar-refractivity contribution in [3.63, 3.8) is 0 Å². The third kappa shape index (κ3) is 4.83. The van der Waals surface area contributed by atoms with Gasteiger partial charge in [-0.05, 0) is 55.0 Å². The van der Waals surface area contributed by atoms with E-state index in [-0.39, 0.29) is 11.6 Å². The van der Waals surface area contributed by atoms with Crippen LogP contribution < -0.4 is 14.5 Å². The van der Waals surface area contributed by atoms with E-state index in [1.807, 2.05) is 90.7 Å². The molecule has 8 heteroatoms. The van der Waals surface area contributed by atoms with Crippen molar-refractivity contribution in [3.05, 3.63) is 102 Å². The first-order valence-corrected chi connectivity index (χ1v) is 12.5. The molecule has 1 aliphatic rings. The number of benzene rings is 3. The van der Waals surface area contributed by atoms with Crippen LogP contribution in [0, 0.1) is 6.92 Å². The molecule has 0 bridgehead atoms. The van der Waals surface area contributed by atoms with Crippen molar-refractivity contribution in [3.8, 4) is 5.75 Å². The normalized spacial score (nSPS) is 16.8. The quantitative estimate of drug-likeness (QED) is 0.249. The number of amides is 1. The minimum Gasteiger partial charge on any atom is -0.497 e. The first kappa shape index (κ1) is 24.3. The Balaban J connectivity index is 1.68. The number of nitrogens with zero attached hydrogens (tertiary/aromatic N) is 3. The van der Waals surface area contributed by atoms with Crippen molar-refractivity contribution < 1.29 is 19.1 Å². The van der Waals surface area contributed by atoms with Crippen LogP contribution in [0.4, 0.5) is 10.8 Å². The van der Waals surface area contributed by atoms with Crippen LogP contribution in [0.2, 0.25) is 0 Å². The number of hydrogen-bond donors (Lipinski definition) is 0. The molecule has 1 unspecified atom stereocenters. The van der Waals surface area contributed by atoms with Crippen LogP contribution in [0.15, 0.2) is 90.6 Å². The lowest BCUT2D eigenvalue weighted by molar-refractivity contribution is -0.135. The molecular formula is C29H25N3O4S. The fourth-order valence-corrected chi connectivity index (χ4v) is 5.24. The van der Waals surface area contributed by atoms with Gasteiger partial charge in [0.25, 0.3) is 5.91 Å². The lowest BCUT2D eigenvalue weighted by Gasteiger charge is -2.27. The van der Waals surface area contributed by atoms with Crippen LogP contribution in [0.1, 0.15) is 11.1 Å². The highest BCUT2D eigenvalue weighted by Gasteiger charge is 2.44. The molecular weight excluding hydrogens is 486 g/mol. The topological polar surface area (TPSA) is 72.0 Å². The van der Waals surface area contributed by atoms with E-state index < -0.39 is 12.1 Å². The Morgan fingerprint density at radius 3 is 2.49 bits per heavy atom. The maximum Gasteiger partial charge on any atom is 0.332 e. The number of hydrogen-bond acceptors (Lipinski definition) is 7. The average Bonchev–Trinajstić information content (AvgIpc) is 3.45. The third-order valence-electron chi connectivity index (χ3n) is 6.02. The number of para-hydroxylation sites is 1. The summed E-state index contributed by atoms with van der Waals surface area (Å²) in [6.45, 7) is 2.03. The summed E-state index contributed by atoms with van der Waals surface area (Å²) in [6, 6.07) is 23.2.